The van der Waals surface area contributed by atoms with Crippen LogP contribution in [-0.2, 0) is 22.6 Å². The van der Waals surface area contributed by atoms with Gasteiger partial charge in [0.1, 0.15) is 11.8 Å². The summed E-state index contributed by atoms with van der Waals surface area (Å²) >= 11 is 0. The minimum absolute atomic E-state index is 0.00421. The second-order valence-electron chi connectivity index (χ2n) is 7.46. The number of hydrogen-bond donors (Lipinski definition) is 1. The van der Waals surface area contributed by atoms with Crippen molar-refractivity contribution in [2.24, 2.45) is 0 Å². The highest BCUT2D eigenvalue weighted by Crippen LogP contribution is 2.28. The second kappa shape index (κ2) is 7.50. The molecule has 5 heteroatoms. The first kappa shape index (κ1) is 18.3. The van der Waals surface area contributed by atoms with Gasteiger partial charge in [0.05, 0.1) is 0 Å². The molecule has 1 unspecified atom stereocenters. The lowest BCUT2D eigenvalue weighted by Crippen LogP contribution is -2.54. The summed E-state index contributed by atoms with van der Waals surface area (Å²) in [4.78, 5) is 29.2. The molecule has 1 N–H and O–H groups in total. The van der Waals surface area contributed by atoms with E-state index in [2.05, 4.69) is 6.08 Å². The van der Waals surface area contributed by atoms with Crippen LogP contribution in [0.3, 0.4) is 0 Å². The summed E-state index contributed by atoms with van der Waals surface area (Å²) in [5.74, 6) is 0.137. The van der Waals surface area contributed by atoms with Gasteiger partial charge < -0.3 is 14.9 Å². The molecule has 0 spiro atoms. The number of amides is 2. The highest BCUT2D eigenvalue weighted by Gasteiger charge is 2.36. The third-order valence-corrected chi connectivity index (χ3v) is 5.62. The van der Waals surface area contributed by atoms with E-state index < -0.39 is 6.04 Å². The number of carbonyl (C=O) groups is 2. The van der Waals surface area contributed by atoms with Gasteiger partial charge in [0.25, 0.3) is 0 Å². The molecule has 2 aromatic rings. The largest absolute Gasteiger partial charge is 0.508 e. The minimum Gasteiger partial charge on any atom is -0.508 e. The van der Waals surface area contributed by atoms with Crippen LogP contribution in [0.4, 0.5) is 0 Å². The third kappa shape index (κ3) is 3.52. The highest BCUT2D eigenvalue weighted by atomic mass is 16.3. The second-order valence-corrected chi connectivity index (χ2v) is 7.46. The van der Waals surface area contributed by atoms with Crippen LogP contribution in [-0.4, -0.2) is 45.9 Å². The molecule has 2 aliphatic heterocycles. The average molecular weight is 376 g/mol. The Balaban J connectivity index is 1.56. The van der Waals surface area contributed by atoms with E-state index in [-0.39, 0.29) is 17.6 Å². The van der Waals surface area contributed by atoms with Crippen LogP contribution >= 0.6 is 0 Å². The molecule has 0 saturated heterocycles. The van der Waals surface area contributed by atoms with E-state index in [1.807, 2.05) is 41.3 Å². The van der Waals surface area contributed by atoms with E-state index in [0.29, 0.717) is 26.1 Å². The molecule has 4 rings (SSSR count). The van der Waals surface area contributed by atoms with Crippen molar-refractivity contribution in [3.63, 3.8) is 0 Å². The standard InChI is InChI=1S/C23H24N2O3/c1-16(26)25-15-20-7-3-2-6-18(20)13-22(25)23(28)24-11-5-9-19(14-24)17-8-4-10-21(27)12-17/h2-4,6-10,12,22,27H,5,11,13-15H2,1H3. The van der Waals surface area contributed by atoms with Crippen LogP contribution in [0.2, 0.25) is 0 Å². The fourth-order valence-electron chi connectivity index (χ4n) is 4.13. The minimum atomic E-state index is -0.462. The fraction of sp³-hybridized carbons (Fsp3) is 0.304. The average Bonchev–Trinajstić information content (AvgIpc) is 2.72. The molecular formula is C23H24N2O3. The predicted octanol–water partition coefficient (Wildman–Crippen LogP) is 2.98. The maximum absolute atomic E-state index is 13.4. The van der Waals surface area contributed by atoms with Crippen LogP contribution in [0.25, 0.3) is 5.57 Å². The van der Waals surface area contributed by atoms with Gasteiger partial charge in [0.2, 0.25) is 11.8 Å². The Morgan fingerprint density at radius 2 is 1.82 bits per heavy atom. The van der Waals surface area contributed by atoms with Gasteiger partial charge in [-0.25, -0.2) is 0 Å². The number of nitrogens with zero attached hydrogens (tertiary/aromatic N) is 2. The van der Waals surface area contributed by atoms with E-state index in [4.69, 9.17) is 0 Å². The van der Waals surface area contributed by atoms with Gasteiger partial charge in [-0.3, -0.25) is 9.59 Å². The van der Waals surface area contributed by atoms with E-state index in [1.54, 1.807) is 17.0 Å². The van der Waals surface area contributed by atoms with Crippen molar-refractivity contribution < 1.29 is 14.7 Å². The quantitative estimate of drug-likeness (QED) is 0.877. The van der Waals surface area contributed by atoms with Crippen LogP contribution in [0, 0.1) is 0 Å². The zero-order valence-electron chi connectivity index (χ0n) is 16.0. The highest BCUT2D eigenvalue weighted by molar-refractivity contribution is 5.89. The van der Waals surface area contributed by atoms with Gasteiger partial charge in [0, 0.05) is 33.0 Å². The summed E-state index contributed by atoms with van der Waals surface area (Å²) in [5, 5.41) is 9.76. The summed E-state index contributed by atoms with van der Waals surface area (Å²) in [5.41, 5.74) is 4.20. The molecule has 2 amide bonds. The lowest BCUT2D eigenvalue weighted by atomic mass is 9.92. The molecule has 2 aliphatic rings. The Labute approximate surface area is 164 Å². The number of rotatable bonds is 2. The number of phenolic OH excluding ortho intramolecular Hbond substituents is 1. The summed E-state index contributed by atoms with van der Waals surface area (Å²) in [6.07, 6.45) is 3.44. The zero-order chi connectivity index (χ0) is 19.7. The van der Waals surface area contributed by atoms with Gasteiger partial charge in [-0.1, -0.05) is 42.5 Å². The molecule has 0 saturated carbocycles. The Morgan fingerprint density at radius 3 is 2.57 bits per heavy atom. The molecule has 5 nitrogen and oxygen atoms in total. The van der Waals surface area contributed by atoms with Crippen LogP contribution in [0.5, 0.6) is 5.75 Å². The smallest absolute Gasteiger partial charge is 0.246 e. The molecule has 28 heavy (non-hydrogen) atoms. The molecular weight excluding hydrogens is 352 g/mol. The molecule has 2 heterocycles. The van der Waals surface area contributed by atoms with Crippen LogP contribution < -0.4 is 0 Å². The van der Waals surface area contributed by atoms with Gasteiger partial charge >= 0.3 is 0 Å². The summed E-state index contributed by atoms with van der Waals surface area (Å²) in [6, 6.07) is 14.7. The molecule has 2 aromatic carbocycles. The van der Waals surface area contributed by atoms with Crippen molar-refractivity contribution in [1.29, 1.82) is 0 Å². The lowest BCUT2D eigenvalue weighted by molar-refractivity contribution is -0.145. The number of carbonyl (C=O) groups excluding carboxylic acids is 2. The van der Waals surface area contributed by atoms with Crippen molar-refractivity contribution in [3.05, 3.63) is 71.3 Å². The first-order valence-electron chi connectivity index (χ1n) is 9.64. The molecule has 1 atom stereocenters. The van der Waals surface area contributed by atoms with Crippen molar-refractivity contribution in [3.8, 4) is 5.75 Å². The van der Waals surface area contributed by atoms with Crippen molar-refractivity contribution >= 4 is 17.4 Å². The molecule has 0 aromatic heterocycles. The normalized spacial score (nSPS) is 19.0. The first-order chi connectivity index (χ1) is 13.5. The van der Waals surface area contributed by atoms with Gasteiger partial charge in [-0.15, -0.1) is 0 Å². The predicted molar refractivity (Wildman–Crippen MR) is 107 cm³/mol. The maximum atomic E-state index is 13.4. The van der Waals surface area contributed by atoms with Crippen LogP contribution in [0.15, 0.2) is 54.6 Å². The SMILES string of the molecule is CC(=O)N1Cc2ccccc2CC1C(=O)N1CCC=C(c2cccc(O)c2)C1. The number of hydrogen-bond acceptors (Lipinski definition) is 3. The molecule has 0 bridgehead atoms. The van der Waals surface area contributed by atoms with E-state index in [9.17, 15) is 14.7 Å². The first-order valence-corrected chi connectivity index (χ1v) is 9.64. The van der Waals surface area contributed by atoms with E-state index in [0.717, 1.165) is 28.7 Å². The lowest BCUT2D eigenvalue weighted by Gasteiger charge is -2.39. The molecule has 0 aliphatic carbocycles. The third-order valence-electron chi connectivity index (χ3n) is 5.62. The number of fused-ring (bicyclic) bond motifs is 1. The molecule has 0 fully saturated rings. The summed E-state index contributed by atoms with van der Waals surface area (Å²) in [6.45, 7) is 3.14. The van der Waals surface area contributed by atoms with E-state index in [1.165, 1.54) is 6.92 Å². The topological polar surface area (TPSA) is 60.9 Å². The number of aromatic hydroxyl groups is 1. The van der Waals surface area contributed by atoms with Crippen molar-refractivity contribution in [2.75, 3.05) is 13.1 Å². The Bertz CT molecular complexity index is 950. The Hall–Kier alpha value is -3.08. The van der Waals surface area contributed by atoms with E-state index >= 15 is 0 Å². The van der Waals surface area contributed by atoms with Crippen LogP contribution in [0.1, 0.15) is 30.0 Å². The van der Waals surface area contributed by atoms with Gasteiger partial charge in [0.15, 0.2) is 0 Å². The summed E-state index contributed by atoms with van der Waals surface area (Å²) < 4.78 is 0. The number of benzene rings is 2. The number of phenols is 1. The Kier molecular flexibility index (Phi) is 4.90. The molecule has 144 valence electrons. The monoisotopic (exact) mass is 376 g/mol. The van der Waals surface area contributed by atoms with Gasteiger partial charge in [-0.2, -0.15) is 0 Å². The zero-order valence-corrected chi connectivity index (χ0v) is 16.0. The van der Waals surface area contributed by atoms with Crippen molar-refractivity contribution in [2.45, 2.75) is 32.4 Å². The van der Waals surface area contributed by atoms with Gasteiger partial charge in [-0.05, 0) is 40.8 Å². The molecule has 0 radical (unpaired) electrons. The van der Waals surface area contributed by atoms with Crippen molar-refractivity contribution in [1.82, 2.24) is 9.80 Å². The maximum Gasteiger partial charge on any atom is 0.246 e. The fourth-order valence-corrected chi connectivity index (χ4v) is 4.13. The Morgan fingerprint density at radius 1 is 1.04 bits per heavy atom. The summed E-state index contributed by atoms with van der Waals surface area (Å²) in [7, 11) is 0.